The number of rotatable bonds is 2. The summed E-state index contributed by atoms with van der Waals surface area (Å²) >= 11 is 0. The van der Waals surface area contributed by atoms with Crippen LogP contribution in [-0.4, -0.2) is 11.8 Å². The average Bonchev–Trinajstić information content (AvgIpc) is 2.31. The van der Waals surface area contributed by atoms with Gasteiger partial charge in [-0.2, -0.15) is 18.5 Å². The van der Waals surface area contributed by atoms with Crippen molar-refractivity contribution in [3.63, 3.8) is 0 Å². The van der Waals surface area contributed by atoms with Gasteiger partial charge in [-0.1, -0.05) is 42.0 Å². The first-order valence-electron chi connectivity index (χ1n) is 4.98. The molecule has 2 aromatic rings. The van der Waals surface area contributed by atoms with Gasteiger partial charge in [-0.05, 0) is 5.56 Å². The van der Waals surface area contributed by atoms with Crippen LogP contribution in [0.25, 0.3) is 11.3 Å². The van der Waals surface area contributed by atoms with Crippen molar-refractivity contribution in [1.82, 2.24) is 5.10 Å². The first-order valence-corrected chi connectivity index (χ1v) is 4.98. The van der Waals surface area contributed by atoms with Gasteiger partial charge in [0, 0.05) is 32.7 Å². The number of aromatic nitrogens is 2. The van der Waals surface area contributed by atoms with E-state index in [0.29, 0.717) is 5.69 Å². The molecule has 3 nitrogen and oxygen atoms in total. The second-order valence-electron chi connectivity index (χ2n) is 3.57. The minimum Gasteiger partial charge on any atom is -0.483 e. The Kier molecular flexibility index (Phi) is 5.10. The standard InChI is InChI=1S/C13H12N3.Y/c1-10-6-4-5-7-12(10)13-8-11(14-2)9-15-16(13)3;/h2,4-7,9H,1,3H3;/q-1;. The van der Waals surface area contributed by atoms with Crippen molar-refractivity contribution in [2.75, 3.05) is 0 Å². The molecule has 0 saturated carbocycles. The molecule has 2 rings (SSSR count). The maximum atomic E-state index is 5.23. The van der Waals surface area contributed by atoms with Crippen molar-refractivity contribution >= 4 is 12.4 Å². The fourth-order valence-electron chi connectivity index (χ4n) is 1.58. The van der Waals surface area contributed by atoms with Gasteiger partial charge in [0.15, 0.2) is 7.05 Å². The smallest absolute Gasteiger partial charge is 0.161 e. The molecule has 0 spiro atoms. The molecular weight excluding hydrogens is 287 g/mol. The van der Waals surface area contributed by atoms with E-state index in [1.54, 1.807) is 10.9 Å². The number of hydrogen-bond acceptors (Lipinski definition) is 2. The summed E-state index contributed by atoms with van der Waals surface area (Å²) in [5.41, 5.74) is 3.69. The number of nitrogens with zero attached hydrogens (tertiary/aromatic N) is 3. The molecule has 0 unspecified atom stereocenters. The Bertz CT molecular complexity index is 538. The summed E-state index contributed by atoms with van der Waals surface area (Å²) < 4.78 is 1.76. The largest absolute Gasteiger partial charge is 0.483 e. The van der Waals surface area contributed by atoms with Crippen molar-refractivity contribution in [3.8, 4) is 11.3 Å². The Labute approximate surface area is 126 Å². The normalized spacial score (nSPS) is 9.53. The summed E-state index contributed by atoms with van der Waals surface area (Å²) in [4.78, 5) is 3.60. The first kappa shape index (κ1) is 14.1. The molecule has 0 N–H and O–H groups in total. The molecule has 1 heterocycles. The van der Waals surface area contributed by atoms with Crippen molar-refractivity contribution in [1.29, 1.82) is 0 Å². The predicted molar refractivity (Wildman–Crippen MR) is 62.6 cm³/mol. The van der Waals surface area contributed by atoms with E-state index < -0.39 is 0 Å². The Morgan fingerprint density at radius 3 is 2.71 bits per heavy atom. The molecule has 0 atom stereocenters. The molecule has 0 saturated heterocycles. The van der Waals surface area contributed by atoms with Crippen molar-refractivity contribution < 1.29 is 37.4 Å². The number of benzene rings is 1. The maximum Gasteiger partial charge on any atom is 0.161 e. The van der Waals surface area contributed by atoms with Gasteiger partial charge in [-0.25, -0.2) is 0 Å². The van der Waals surface area contributed by atoms with Gasteiger partial charge in [0.05, 0.1) is 0 Å². The Hall–Kier alpha value is -0.926. The molecule has 0 aliphatic rings. The molecule has 1 radical (unpaired) electrons. The summed E-state index contributed by atoms with van der Waals surface area (Å²) in [5.74, 6) is 0. The third kappa shape index (κ3) is 3.05. The van der Waals surface area contributed by atoms with Crippen LogP contribution in [0.2, 0.25) is 0 Å². The third-order valence-electron chi connectivity index (χ3n) is 2.46. The maximum absolute atomic E-state index is 5.23. The topological polar surface area (TPSA) is 29.1 Å². The van der Waals surface area contributed by atoms with Gasteiger partial charge >= 0.3 is 0 Å². The molecule has 4 heteroatoms. The summed E-state index contributed by atoms with van der Waals surface area (Å²) in [6.45, 7) is 7.28. The first-order chi connectivity index (χ1) is 7.72. The minimum atomic E-state index is 0. The van der Waals surface area contributed by atoms with Crippen LogP contribution in [0.5, 0.6) is 0 Å². The number of aliphatic imine (C=N–C) groups is 1. The van der Waals surface area contributed by atoms with E-state index in [9.17, 15) is 0 Å². The van der Waals surface area contributed by atoms with Crippen molar-refractivity contribution in [2.24, 2.45) is 12.0 Å². The van der Waals surface area contributed by atoms with Crippen LogP contribution in [0.3, 0.4) is 0 Å². The fourth-order valence-corrected chi connectivity index (χ4v) is 1.58. The van der Waals surface area contributed by atoms with E-state index in [-0.39, 0.29) is 32.7 Å². The molecule has 1 aromatic heterocycles. The molecule has 0 amide bonds. The Morgan fingerprint density at radius 1 is 1.35 bits per heavy atom. The average molecular weight is 299 g/mol. The SMILES string of the molecule is [CH-]=Nc1[c-]c(-c2ccccc2C)[n+](C)nc1.[Y]. The Balaban J connectivity index is 0.00000144. The third-order valence-corrected chi connectivity index (χ3v) is 2.46. The molecule has 83 valence electrons. The molecule has 17 heavy (non-hydrogen) atoms. The second kappa shape index (κ2) is 6.13. The van der Waals surface area contributed by atoms with E-state index in [2.05, 4.69) is 29.1 Å². The zero-order valence-electron chi connectivity index (χ0n) is 9.88. The van der Waals surface area contributed by atoms with Crippen LogP contribution in [0.15, 0.2) is 35.5 Å². The van der Waals surface area contributed by atoms with Gasteiger partial charge in [0.25, 0.3) is 0 Å². The van der Waals surface area contributed by atoms with Crippen molar-refractivity contribution in [3.05, 3.63) is 42.1 Å². The minimum absolute atomic E-state index is 0. The van der Waals surface area contributed by atoms with Crippen LogP contribution in [0.4, 0.5) is 5.69 Å². The van der Waals surface area contributed by atoms with E-state index in [4.69, 9.17) is 6.72 Å². The van der Waals surface area contributed by atoms with Gasteiger partial charge in [-0.3, -0.25) is 0 Å². The van der Waals surface area contributed by atoms with Gasteiger partial charge in [0.1, 0.15) is 5.69 Å². The number of aryl methyl sites for hydroxylation is 2. The zero-order chi connectivity index (χ0) is 11.5. The summed E-state index contributed by atoms with van der Waals surface area (Å²) in [6, 6.07) is 11.2. The van der Waals surface area contributed by atoms with E-state index in [0.717, 1.165) is 11.3 Å². The van der Waals surface area contributed by atoms with Gasteiger partial charge in [0.2, 0.25) is 0 Å². The predicted octanol–water partition coefficient (Wildman–Crippen LogP) is 1.89. The zero-order valence-corrected chi connectivity index (χ0v) is 12.7. The summed E-state index contributed by atoms with van der Waals surface area (Å²) in [6.07, 6.45) is 1.59. The van der Waals surface area contributed by atoms with Crippen LogP contribution in [-0.2, 0) is 39.8 Å². The molecule has 0 aliphatic carbocycles. The van der Waals surface area contributed by atoms with Crippen LogP contribution in [0, 0.1) is 13.0 Å². The number of hydrogen-bond donors (Lipinski definition) is 0. The van der Waals surface area contributed by atoms with Gasteiger partial charge in [-0.15, -0.1) is 10.7 Å². The van der Waals surface area contributed by atoms with E-state index >= 15 is 0 Å². The van der Waals surface area contributed by atoms with Gasteiger partial charge < -0.3 is 4.99 Å². The summed E-state index contributed by atoms with van der Waals surface area (Å²) in [5, 5.41) is 4.18. The van der Waals surface area contributed by atoms with Crippen molar-refractivity contribution in [2.45, 2.75) is 6.92 Å². The fraction of sp³-hybridized carbons (Fsp3) is 0.154. The molecule has 0 aliphatic heterocycles. The van der Waals surface area contributed by atoms with Crippen LogP contribution in [0.1, 0.15) is 5.56 Å². The second-order valence-corrected chi connectivity index (χ2v) is 3.57. The molecule has 0 bridgehead atoms. The molecule has 0 fully saturated rings. The summed E-state index contributed by atoms with van der Waals surface area (Å²) in [7, 11) is 1.87. The monoisotopic (exact) mass is 299 g/mol. The van der Waals surface area contributed by atoms with Crippen LogP contribution >= 0.6 is 0 Å². The molecular formula is C13H12N3Y-. The van der Waals surface area contributed by atoms with Crippen LogP contribution < -0.4 is 4.68 Å². The Morgan fingerprint density at radius 2 is 2.06 bits per heavy atom. The quantitative estimate of drug-likeness (QED) is 0.473. The molecule has 1 aromatic carbocycles. The van der Waals surface area contributed by atoms with E-state index in [1.165, 1.54) is 5.56 Å². The van der Waals surface area contributed by atoms with E-state index in [1.807, 2.05) is 25.2 Å².